The summed E-state index contributed by atoms with van der Waals surface area (Å²) in [5, 5.41) is 13.6. The van der Waals surface area contributed by atoms with Crippen LogP contribution in [-0.2, 0) is 0 Å². The monoisotopic (exact) mass is 326 g/mol. The molecule has 1 heterocycles. The molecule has 0 bridgehead atoms. The molecule has 0 unspecified atom stereocenters. The van der Waals surface area contributed by atoms with Crippen molar-refractivity contribution in [2.75, 3.05) is 26.2 Å². The molecule has 0 saturated carbocycles. The van der Waals surface area contributed by atoms with Gasteiger partial charge in [0.1, 0.15) is 5.75 Å². The molecule has 2 rings (SSSR count). The second-order valence-corrected chi connectivity index (χ2v) is 7.17. The quantitative estimate of drug-likeness (QED) is 0.876. The summed E-state index contributed by atoms with van der Waals surface area (Å²) in [5.41, 5.74) is 1.10. The lowest BCUT2D eigenvalue weighted by Crippen LogP contribution is -2.48. The summed E-state index contributed by atoms with van der Waals surface area (Å²) in [4.78, 5) is 2.47. The maximum atomic E-state index is 10.2. The topological polar surface area (TPSA) is 35.5 Å². The Balaban J connectivity index is 2.39. The van der Waals surface area contributed by atoms with Crippen molar-refractivity contribution in [3.05, 3.63) is 28.2 Å². The highest BCUT2D eigenvalue weighted by atomic mass is 79.9. The maximum Gasteiger partial charge on any atom is 0.120 e. The first-order valence-electron chi connectivity index (χ1n) is 6.83. The van der Waals surface area contributed by atoms with Crippen molar-refractivity contribution in [2.45, 2.75) is 26.8 Å². The van der Waals surface area contributed by atoms with E-state index in [-0.39, 0.29) is 11.5 Å². The maximum absolute atomic E-state index is 10.2. The zero-order valence-corrected chi connectivity index (χ0v) is 13.5. The van der Waals surface area contributed by atoms with E-state index in [0.29, 0.717) is 5.75 Å². The molecule has 1 fully saturated rings. The Kier molecular flexibility index (Phi) is 4.54. The predicted octanol–water partition coefficient (Wildman–Crippen LogP) is 3.15. The van der Waals surface area contributed by atoms with Crippen molar-refractivity contribution in [3.63, 3.8) is 0 Å². The first-order valence-corrected chi connectivity index (χ1v) is 7.62. The van der Waals surface area contributed by atoms with E-state index in [1.807, 2.05) is 12.1 Å². The Morgan fingerprint density at radius 2 is 1.89 bits per heavy atom. The number of nitrogens with one attached hydrogen (secondary N) is 1. The number of rotatable bonds is 2. The van der Waals surface area contributed by atoms with E-state index >= 15 is 0 Å². The highest BCUT2D eigenvalue weighted by molar-refractivity contribution is 9.10. The summed E-state index contributed by atoms with van der Waals surface area (Å²) in [7, 11) is 0. The van der Waals surface area contributed by atoms with Gasteiger partial charge in [-0.05, 0) is 23.6 Å². The number of phenols is 1. The molecule has 0 radical (unpaired) electrons. The number of phenolic OH excluding ortho intramolecular Hbond substituents is 1. The summed E-state index contributed by atoms with van der Waals surface area (Å²) in [6.45, 7) is 10.8. The Morgan fingerprint density at radius 1 is 1.26 bits per heavy atom. The second kappa shape index (κ2) is 5.81. The molecule has 1 aliphatic heterocycles. The van der Waals surface area contributed by atoms with E-state index < -0.39 is 0 Å². The van der Waals surface area contributed by atoms with Gasteiger partial charge in [0.2, 0.25) is 0 Å². The first kappa shape index (κ1) is 14.8. The molecule has 106 valence electrons. The van der Waals surface area contributed by atoms with Gasteiger partial charge in [0.05, 0.1) is 0 Å². The van der Waals surface area contributed by atoms with Crippen LogP contribution in [-0.4, -0.2) is 36.2 Å². The molecule has 1 aromatic rings. The predicted molar refractivity (Wildman–Crippen MR) is 82.4 cm³/mol. The zero-order chi connectivity index (χ0) is 14.0. The third-order valence-corrected chi connectivity index (χ3v) is 4.11. The number of hydrogen-bond donors (Lipinski definition) is 2. The third kappa shape index (κ3) is 3.50. The van der Waals surface area contributed by atoms with Gasteiger partial charge >= 0.3 is 0 Å². The fraction of sp³-hybridized carbons (Fsp3) is 0.600. The van der Waals surface area contributed by atoms with Crippen LogP contribution in [0.15, 0.2) is 22.7 Å². The van der Waals surface area contributed by atoms with Crippen LogP contribution in [0.1, 0.15) is 32.4 Å². The van der Waals surface area contributed by atoms with Gasteiger partial charge in [-0.2, -0.15) is 0 Å². The van der Waals surface area contributed by atoms with Crippen molar-refractivity contribution in [2.24, 2.45) is 5.41 Å². The van der Waals surface area contributed by atoms with Crippen LogP contribution in [0.2, 0.25) is 0 Å². The zero-order valence-electron chi connectivity index (χ0n) is 11.9. The summed E-state index contributed by atoms with van der Waals surface area (Å²) in [5.74, 6) is 0.390. The lowest BCUT2D eigenvalue weighted by molar-refractivity contribution is 0.0842. The molecule has 4 heteroatoms. The van der Waals surface area contributed by atoms with Gasteiger partial charge in [-0.1, -0.05) is 36.7 Å². The van der Waals surface area contributed by atoms with Crippen LogP contribution < -0.4 is 5.32 Å². The lowest BCUT2D eigenvalue weighted by Gasteiger charge is -2.42. The highest BCUT2D eigenvalue weighted by Gasteiger charge is 2.34. The molecule has 1 saturated heterocycles. The van der Waals surface area contributed by atoms with E-state index in [1.54, 1.807) is 6.07 Å². The molecule has 1 aromatic carbocycles. The molecule has 19 heavy (non-hydrogen) atoms. The normalized spacial score (nSPS) is 19.4. The fourth-order valence-corrected chi connectivity index (χ4v) is 3.27. The van der Waals surface area contributed by atoms with E-state index in [2.05, 4.69) is 46.9 Å². The Morgan fingerprint density at radius 3 is 2.47 bits per heavy atom. The average molecular weight is 327 g/mol. The molecule has 0 aliphatic carbocycles. The molecular weight excluding hydrogens is 304 g/mol. The standard InChI is InChI=1S/C15H23BrN2O/c1-15(2,3)14(18-8-6-17-7-9-18)12-10-11(16)4-5-13(12)19/h4-5,10,14,17,19H,6-9H2,1-3H3/t14-/m0/s1. The van der Waals surface area contributed by atoms with Crippen molar-refractivity contribution >= 4 is 15.9 Å². The van der Waals surface area contributed by atoms with E-state index in [9.17, 15) is 5.11 Å². The minimum Gasteiger partial charge on any atom is -0.508 e. The van der Waals surface area contributed by atoms with Crippen molar-refractivity contribution in [3.8, 4) is 5.75 Å². The van der Waals surface area contributed by atoms with E-state index in [0.717, 1.165) is 36.2 Å². The van der Waals surface area contributed by atoms with Gasteiger partial charge in [-0.3, -0.25) is 4.90 Å². The molecule has 0 aromatic heterocycles. The largest absolute Gasteiger partial charge is 0.508 e. The summed E-state index contributed by atoms with van der Waals surface area (Å²) in [6.07, 6.45) is 0. The number of hydrogen-bond acceptors (Lipinski definition) is 3. The van der Waals surface area contributed by atoms with Crippen LogP contribution in [0.4, 0.5) is 0 Å². The van der Waals surface area contributed by atoms with Gasteiger partial charge in [-0.25, -0.2) is 0 Å². The van der Waals surface area contributed by atoms with E-state index in [4.69, 9.17) is 0 Å². The second-order valence-electron chi connectivity index (χ2n) is 6.26. The van der Waals surface area contributed by atoms with Crippen LogP contribution in [0.5, 0.6) is 5.75 Å². The van der Waals surface area contributed by atoms with Gasteiger partial charge in [0, 0.05) is 42.3 Å². The van der Waals surface area contributed by atoms with Gasteiger partial charge in [-0.15, -0.1) is 0 Å². The summed E-state index contributed by atoms with van der Waals surface area (Å²) >= 11 is 3.51. The fourth-order valence-electron chi connectivity index (χ4n) is 2.90. The molecule has 0 spiro atoms. The van der Waals surface area contributed by atoms with Crippen LogP contribution >= 0.6 is 15.9 Å². The molecule has 2 N–H and O–H groups in total. The Bertz CT molecular complexity index is 436. The van der Waals surface area contributed by atoms with Gasteiger partial charge < -0.3 is 10.4 Å². The number of piperazine rings is 1. The number of benzene rings is 1. The molecule has 1 aliphatic rings. The average Bonchev–Trinajstić information content (AvgIpc) is 2.33. The van der Waals surface area contributed by atoms with E-state index in [1.165, 1.54) is 0 Å². The summed E-state index contributed by atoms with van der Waals surface area (Å²) < 4.78 is 1.02. The van der Waals surface area contributed by atoms with Crippen molar-refractivity contribution in [1.29, 1.82) is 0 Å². The Hall–Kier alpha value is -0.580. The van der Waals surface area contributed by atoms with Gasteiger partial charge in [0.15, 0.2) is 0 Å². The highest BCUT2D eigenvalue weighted by Crippen LogP contribution is 2.42. The van der Waals surface area contributed by atoms with Crippen LogP contribution in [0.3, 0.4) is 0 Å². The minimum absolute atomic E-state index is 0.0790. The van der Waals surface area contributed by atoms with Crippen LogP contribution in [0.25, 0.3) is 0 Å². The molecule has 3 nitrogen and oxygen atoms in total. The van der Waals surface area contributed by atoms with Crippen molar-refractivity contribution < 1.29 is 5.11 Å². The van der Waals surface area contributed by atoms with Gasteiger partial charge in [0.25, 0.3) is 0 Å². The van der Waals surface area contributed by atoms with Crippen LogP contribution in [0, 0.1) is 5.41 Å². The number of halogens is 1. The first-order chi connectivity index (χ1) is 8.89. The molecular formula is C15H23BrN2O. The minimum atomic E-state index is 0.0790. The molecule has 0 amide bonds. The third-order valence-electron chi connectivity index (χ3n) is 3.62. The lowest BCUT2D eigenvalue weighted by atomic mass is 9.80. The van der Waals surface area contributed by atoms with Crippen molar-refractivity contribution in [1.82, 2.24) is 10.2 Å². The number of aromatic hydroxyl groups is 1. The SMILES string of the molecule is CC(C)(C)[C@H](c1cc(Br)ccc1O)N1CCNCC1. The number of nitrogens with zero attached hydrogens (tertiary/aromatic N) is 1. The smallest absolute Gasteiger partial charge is 0.120 e. The Labute approximate surface area is 124 Å². The summed E-state index contributed by atoms with van der Waals surface area (Å²) in [6, 6.07) is 5.94. The molecule has 1 atom stereocenters.